The lowest BCUT2D eigenvalue weighted by Crippen LogP contribution is -2.28. The van der Waals surface area contributed by atoms with Gasteiger partial charge in [-0.2, -0.15) is 0 Å². The topological polar surface area (TPSA) is 38.2 Å². The summed E-state index contributed by atoms with van der Waals surface area (Å²) in [7, 11) is 0. The molecule has 0 bridgehead atoms. The van der Waals surface area contributed by atoms with Gasteiger partial charge in [0.15, 0.2) is 0 Å². The van der Waals surface area contributed by atoms with Gasteiger partial charge in [-0.1, -0.05) is 0 Å². The Balaban J connectivity index is 1.59. The van der Waals surface area contributed by atoms with Crippen molar-refractivity contribution in [1.29, 1.82) is 0 Å². The molecule has 1 aromatic heterocycles. The van der Waals surface area contributed by atoms with Gasteiger partial charge in [0, 0.05) is 44.6 Å². The molecule has 0 spiro atoms. The van der Waals surface area contributed by atoms with Crippen molar-refractivity contribution in [1.82, 2.24) is 14.9 Å². The predicted molar refractivity (Wildman–Crippen MR) is 59.7 cm³/mol. The second-order valence-corrected chi connectivity index (χ2v) is 4.72. The molecule has 0 N–H and O–H groups in total. The van der Waals surface area contributed by atoms with Crippen LogP contribution in [0.15, 0.2) is 12.5 Å². The number of hydrogen-bond acceptors (Lipinski definition) is 4. The van der Waals surface area contributed by atoms with E-state index in [0.29, 0.717) is 0 Å². The fourth-order valence-electron chi connectivity index (χ4n) is 2.59. The third-order valence-electron chi connectivity index (χ3n) is 3.51. The summed E-state index contributed by atoms with van der Waals surface area (Å²) in [5.41, 5.74) is 2.51. The van der Waals surface area contributed by atoms with Crippen molar-refractivity contribution in [3.05, 3.63) is 23.8 Å². The Morgan fingerprint density at radius 2 is 2.19 bits per heavy atom. The van der Waals surface area contributed by atoms with Crippen molar-refractivity contribution in [2.45, 2.75) is 25.9 Å². The molecular weight excluding hydrogens is 202 g/mol. The largest absolute Gasteiger partial charge is 0.381 e. The number of rotatable bonds is 2. The van der Waals surface area contributed by atoms with Crippen LogP contribution in [0.1, 0.15) is 24.1 Å². The van der Waals surface area contributed by atoms with Crippen LogP contribution in [0.2, 0.25) is 0 Å². The molecule has 0 atom stereocenters. The van der Waals surface area contributed by atoms with E-state index in [-0.39, 0.29) is 0 Å². The van der Waals surface area contributed by atoms with Gasteiger partial charge < -0.3 is 4.74 Å². The van der Waals surface area contributed by atoms with Gasteiger partial charge in [-0.05, 0) is 18.8 Å². The highest BCUT2D eigenvalue weighted by molar-refractivity contribution is 5.20. The summed E-state index contributed by atoms with van der Waals surface area (Å²) in [6, 6.07) is 0. The van der Waals surface area contributed by atoms with Crippen LogP contribution in [0.5, 0.6) is 0 Å². The van der Waals surface area contributed by atoms with E-state index in [1.165, 1.54) is 30.6 Å². The second kappa shape index (κ2) is 4.47. The molecule has 0 radical (unpaired) electrons. The third-order valence-corrected chi connectivity index (χ3v) is 3.51. The Hall–Kier alpha value is -1.00. The Morgan fingerprint density at radius 3 is 3.00 bits per heavy atom. The number of fused-ring (bicyclic) bond motifs is 1. The standard InChI is InChI=1S/C12H17N3O/c1-3-16-4-2-10(1)6-15-7-11-5-13-9-14-12(11)8-15/h5,9-10H,1-4,6-8H2. The second-order valence-electron chi connectivity index (χ2n) is 4.72. The maximum Gasteiger partial charge on any atom is 0.115 e. The highest BCUT2D eigenvalue weighted by Gasteiger charge is 2.23. The van der Waals surface area contributed by atoms with Crippen LogP contribution in [0, 0.1) is 5.92 Å². The first-order chi connectivity index (χ1) is 7.92. The quantitative estimate of drug-likeness (QED) is 0.749. The van der Waals surface area contributed by atoms with Crippen molar-refractivity contribution in [2.75, 3.05) is 19.8 Å². The maximum atomic E-state index is 5.39. The highest BCUT2D eigenvalue weighted by Crippen LogP contribution is 2.23. The van der Waals surface area contributed by atoms with Crippen LogP contribution in [0.4, 0.5) is 0 Å². The molecule has 2 aliphatic heterocycles. The van der Waals surface area contributed by atoms with Crippen LogP contribution in [-0.4, -0.2) is 34.6 Å². The van der Waals surface area contributed by atoms with Crippen molar-refractivity contribution in [3.63, 3.8) is 0 Å². The van der Waals surface area contributed by atoms with Crippen LogP contribution < -0.4 is 0 Å². The fraction of sp³-hybridized carbons (Fsp3) is 0.667. The summed E-state index contributed by atoms with van der Waals surface area (Å²) in [6.07, 6.45) is 6.01. The molecule has 1 fully saturated rings. The molecule has 4 nitrogen and oxygen atoms in total. The Kier molecular flexibility index (Phi) is 2.84. The summed E-state index contributed by atoms with van der Waals surface area (Å²) in [6.45, 7) is 5.07. The first-order valence-corrected chi connectivity index (χ1v) is 5.99. The molecule has 0 saturated carbocycles. The van der Waals surface area contributed by atoms with Crippen LogP contribution in [-0.2, 0) is 17.8 Å². The van der Waals surface area contributed by atoms with E-state index < -0.39 is 0 Å². The van der Waals surface area contributed by atoms with Gasteiger partial charge in [0.05, 0.1) is 5.69 Å². The molecule has 0 amide bonds. The van der Waals surface area contributed by atoms with Gasteiger partial charge in [0.2, 0.25) is 0 Å². The minimum absolute atomic E-state index is 0.802. The van der Waals surface area contributed by atoms with Gasteiger partial charge in [-0.25, -0.2) is 9.97 Å². The molecule has 3 heterocycles. The Bertz CT molecular complexity index is 338. The van der Waals surface area contributed by atoms with E-state index >= 15 is 0 Å². The van der Waals surface area contributed by atoms with E-state index in [1.807, 2.05) is 6.20 Å². The molecule has 3 rings (SSSR count). The smallest absolute Gasteiger partial charge is 0.115 e. The van der Waals surface area contributed by atoms with Crippen LogP contribution in [0.25, 0.3) is 0 Å². The summed E-state index contributed by atoms with van der Waals surface area (Å²) < 4.78 is 5.39. The van der Waals surface area contributed by atoms with Crippen molar-refractivity contribution >= 4 is 0 Å². The zero-order valence-corrected chi connectivity index (χ0v) is 9.43. The number of ether oxygens (including phenoxy) is 1. The molecule has 0 aromatic carbocycles. The average Bonchev–Trinajstić information content (AvgIpc) is 2.72. The lowest BCUT2D eigenvalue weighted by molar-refractivity contribution is 0.0520. The summed E-state index contributed by atoms with van der Waals surface area (Å²) in [4.78, 5) is 10.9. The molecule has 16 heavy (non-hydrogen) atoms. The van der Waals surface area contributed by atoms with Crippen molar-refractivity contribution in [3.8, 4) is 0 Å². The SMILES string of the molecule is c1ncc2c(n1)CN(CC1CCOCC1)C2. The van der Waals surface area contributed by atoms with Crippen LogP contribution >= 0.6 is 0 Å². The van der Waals surface area contributed by atoms with Crippen molar-refractivity contribution < 1.29 is 4.74 Å². The summed E-state index contributed by atoms with van der Waals surface area (Å²) in [5, 5.41) is 0. The monoisotopic (exact) mass is 219 g/mol. The minimum Gasteiger partial charge on any atom is -0.381 e. The minimum atomic E-state index is 0.802. The molecule has 0 unspecified atom stereocenters. The zero-order valence-electron chi connectivity index (χ0n) is 9.43. The van der Waals surface area contributed by atoms with E-state index in [2.05, 4.69) is 14.9 Å². The number of nitrogens with zero attached hydrogens (tertiary/aromatic N) is 3. The van der Waals surface area contributed by atoms with E-state index in [4.69, 9.17) is 4.74 Å². The van der Waals surface area contributed by atoms with Gasteiger partial charge in [0.25, 0.3) is 0 Å². The molecule has 0 aliphatic carbocycles. The van der Waals surface area contributed by atoms with E-state index in [9.17, 15) is 0 Å². The molecule has 4 heteroatoms. The van der Waals surface area contributed by atoms with Crippen LogP contribution in [0.3, 0.4) is 0 Å². The zero-order chi connectivity index (χ0) is 10.8. The third kappa shape index (κ3) is 2.08. The molecule has 2 aliphatic rings. The average molecular weight is 219 g/mol. The van der Waals surface area contributed by atoms with Gasteiger partial charge in [-0.15, -0.1) is 0 Å². The predicted octanol–water partition coefficient (Wildman–Crippen LogP) is 1.22. The van der Waals surface area contributed by atoms with Gasteiger partial charge in [-0.3, -0.25) is 4.90 Å². The summed E-state index contributed by atoms with van der Waals surface area (Å²) >= 11 is 0. The lowest BCUT2D eigenvalue weighted by Gasteiger charge is -2.26. The first kappa shape index (κ1) is 10.2. The maximum absolute atomic E-state index is 5.39. The van der Waals surface area contributed by atoms with Crippen molar-refractivity contribution in [2.24, 2.45) is 5.92 Å². The van der Waals surface area contributed by atoms with Gasteiger partial charge in [0.1, 0.15) is 6.33 Å². The highest BCUT2D eigenvalue weighted by atomic mass is 16.5. The summed E-state index contributed by atoms with van der Waals surface area (Å²) in [5.74, 6) is 0.802. The molecule has 1 aromatic rings. The number of hydrogen-bond donors (Lipinski definition) is 0. The fourth-order valence-corrected chi connectivity index (χ4v) is 2.59. The normalized spacial score (nSPS) is 22.2. The van der Waals surface area contributed by atoms with Gasteiger partial charge >= 0.3 is 0 Å². The molecular formula is C12H17N3O. The first-order valence-electron chi connectivity index (χ1n) is 5.99. The number of aromatic nitrogens is 2. The van der Waals surface area contributed by atoms with E-state index in [0.717, 1.165) is 32.2 Å². The Labute approximate surface area is 95.7 Å². The molecule has 86 valence electrons. The molecule has 1 saturated heterocycles. The lowest BCUT2D eigenvalue weighted by atomic mass is 10.00. The van der Waals surface area contributed by atoms with E-state index in [1.54, 1.807) is 6.33 Å². The Morgan fingerprint density at radius 1 is 1.31 bits per heavy atom.